The molecule has 2 rings (SSSR count). The van der Waals surface area contributed by atoms with E-state index < -0.39 is 0 Å². The van der Waals surface area contributed by atoms with Gasteiger partial charge in [-0.2, -0.15) is 0 Å². The Hall–Kier alpha value is -2.15. The Balaban J connectivity index is 1.90. The minimum Gasteiger partial charge on any atom is -0.384 e. The van der Waals surface area contributed by atoms with Gasteiger partial charge in [-0.3, -0.25) is 4.79 Å². The summed E-state index contributed by atoms with van der Waals surface area (Å²) in [6, 6.07) is 7.22. The first-order valence-corrected chi connectivity index (χ1v) is 6.81. The lowest BCUT2D eigenvalue weighted by Gasteiger charge is -2.05. The predicted molar refractivity (Wildman–Crippen MR) is 76.9 cm³/mol. The maximum absolute atomic E-state index is 12.7. The molecule has 1 aromatic carbocycles. The summed E-state index contributed by atoms with van der Waals surface area (Å²) in [7, 11) is 0. The number of aromatic nitrogens is 2. The topological polar surface area (TPSA) is 80.9 Å². The third kappa shape index (κ3) is 4.20. The molecule has 0 spiro atoms. The fraction of sp³-hybridized carbons (Fsp3) is 0.154. The van der Waals surface area contributed by atoms with E-state index in [4.69, 9.17) is 5.73 Å². The molecule has 0 fully saturated rings. The molecule has 0 aliphatic carbocycles. The Kier molecular flexibility index (Phi) is 4.52. The third-order valence-corrected chi connectivity index (χ3v) is 3.16. The van der Waals surface area contributed by atoms with Crippen LogP contribution in [-0.4, -0.2) is 21.6 Å². The van der Waals surface area contributed by atoms with Gasteiger partial charge in [0.05, 0.1) is 5.75 Å². The summed E-state index contributed by atoms with van der Waals surface area (Å²) in [5.74, 6) is -0.0365. The highest BCUT2D eigenvalue weighted by molar-refractivity contribution is 7.99. The van der Waals surface area contributed by atoms with E-state index in [2.05, 4.69) is 15.3 Å². The average molecular weight is 292 g/mol. The van der Waals surface area contributed by atoms with Crippen LogP contribution in [0.4, 0.5) is 15.9 Å². The zero-order valence-corrected chi connectivity index (χ0v) is 11.6. The lowest BCUT2D eigenvalue weighted by atomic mass is 10.3. The molecule has 3 N–H and O–H groups in total. The summed E-state index contributed by atoms with van der Waals surface area (Å²) in [5, 5.41) is 3.11. The summed E-state index contributed by atoms with van der Waals surface area (Å²) in [5.41, 5.74) is 6.90. The highest BCUT2D eigenvalue weighted by atomic mass is 32.2. The van der Waals surface area contributed by atoms with Crippen molar-refractivity contribution in [3.8, 4) is 0 Å². The normalized spacial score (nSPS) is 10.3. The summed E-state index contributed by atoms with van der Waals surface area (Å²) in [6.07, 6.45) is 0. The zero-order valence-electron chi connectivity index (χ0n) is 10.8. The van der Waals surface area contributed by atoms with E-state index in [0.717, 1.165) is 5.69 Å². The number of amides is 1. The van der Waals surface area contributed by atoms with Crippen LogP contribution >= 0.6 is 11.8 Å². The second kappa shape index (κ2) is 6.33. The monoisotopic (exact) mass is 292 g/mol. The van der Waals surface area contributed by atoms with E-state index in [-0.39, 0.29) is 17.5 Å². The second-order valence-electron chi connectivity index (χ2n) is 4.06. The van der Waals surface area contributed by atoms with Crippen LogP contribution in [-0.2, 0) is 4.79 Å². The number of halogens is 1. The number of carbonyl (C=O) groups is 1. The smallest absolute Gasteiger partial charge is 0.234 e. The quantitative estimate of drug-likeness (QED) is 0.667. The van der Waals surface area contributed by atoms with Crippen LogP contribution in [0.15, 0.2) is 35.5 Å². The highest BCUT2D eigenvalue weighted by Crippen LogP contribution is 2.16. The zero-order chi connectivity index (χ0) is 14.5. The van der Waals surface area contributed by atoms with Crippen molar-refractivity contribution in [3.05, 3.63) is 41.8 Å². The summed E-state index contributed by atoms with van der Waals surface area (Å²) >= 11 is 1.19. The van der Waals surface area contributed by atoms with Crippen LogP contribution in [0, 0.1) is 12.7 Å². The number of aryl methyl sites for hydroxylation is 1. The van der Waals surface area contributed by atoms with E-state index in [1.807, 2.05) is 0 Å². The van der Waals surface area contributed by atoms with Crippen molar-refractivity contribution in [2.45, 2.75) is 12.1 Å². The fourth-order valence-electron chi connectivity index (χ4n) is 1.49. The maximum atomic E-state index is 12.7. The molecule has 0 bridgehead atoms. The fourth-order valence-corrected chi connectivity index (χ4v) is 2.20. The number of nitrogen functional groups attached to an aromatic ring is 1. The third-order valence-electron chi connectivity index (χ3n) is 2.31. The largest absolute Gasteiger partial charge is 0.384 e. The number of nitrogens with two attached hydrogens (primary N) is 1. The molecule has 7 heteroatoms. The Morgan fingerprint density at radius 3 is 2.70 bits per heavy atom. The van der Waals surface area contributed by atoms with Gasteiger partial charge in [-0.05, 0) is 31.2 Å². The molecule has 0 saturated heterocycles. The number of nitrogens with one attached hydrogen (secondary N) is 1. The summed E-state index contributed by atoms with van der Waals surface area (Å²) in [4.78, 5) is 19.9. The molecule has 1 amide bonds. The van der Waals surface area contributed by atoms with Gasteiger partial charge < -0.3 is 11.1 Å². The van der Waals surface area contributed by atoms with Crippen molar-refractivity contribution in [3.63, 3.8) is 0 Å². The number of hydrogen-bond acceptors (Lipinski definition) is 5. The number of benzene rings is 1. The minimum absolute atomic E-state index is 0.153. The van der Waals surface area contributed by atoms with Gasteiger partial charge in [0, 0.05) is 17.4 Å². The summed E-state index contributed by atoms with van der Waals surface area (Å²) in [6.45, 7) is 1.81. The van der Waals surface area contributed by atoms with Gasteiger partial charge in [-0.15, -0.1) is 0 Å². The van der Waals surface area contributed by atoms with Crippen molar-refractivity contribution in [1.29, 1.82) is 0 Å². The van der Waals surface area contributed by atoms with Gasteiger partial charge in [0.25, 0.3) is 0 Å². The van der Waals surface area contributed by atoms with E-state index >= 15 is 0 Å². The molecule has 5 nitrogen and oxygen atoms in total. The van der Waals surface area contributed by atoms with E-state index in [1.54, 1.807) is 13.0 Å². The first kappa shape index (κ1) is 14.3. The lowest BCUT2D eigenvalue weighted by Crippen LogP contribution is -2.14. The average Bonchev–Trinajstić information content (AvgIpc) is 2.38. The number of carbonyl (C=O) groups excluding carboxylic acids is 1. The van der Waals surface area contributed by atoms with Crippen LogP contribution in [0.25, 0.3) is 0 Å². The van der Waals surface area contributed by atoms with Gasteiger partial charge in [-0.1, -0.05) is 11.8 Å². The molecule has 2 aromatic rings. The number of thioether (sulfide) groups is 1. The Morgan fingerprint density at radius 2 is 2.05 bits per heavy atom. The molecule has 1 aromatic heterocycles. The van der Waals surface area contributed by atoms with Gasteiger partial charge >= 0.3 is 0 Å². The predicted octanol–water partition coefficient (Wildman–Crippen LogP) is 2.24. The molecule has 1 heterocycles. The first-order chi connectivity index (χ1) is 9.52. The molecule has 0 atom stereocenters. The number of nitrogens with zero attached hydrogens (tertiary/aromatic N) is 2. The van der Waals surface area contributed by atoms with Gasteiger partial charge in [0.1, 0.15) is 11.6 Å². The van der Waals surface area contributed by atoms with Crippen LogP contribution in [0.2, 0.25) is 0 Å². The molecule has 0 saturated carbocycles. The van der Waals surface area contributed by atoms with Gasteiger partial charge in [0.15, 0.2) is 5.16 Å². The molecular formula is C13H13FN4OS. The molecule has 104 valence electrons. The van der Waals surface area contributed by atoms with Crippen molar-refractivity contribution >= 4 is 29.2 Å². The van der Waals surface area contributed by atoms with Crippen molar-refractivity contribution in [2.75, 3.05) is 16.8 Å². The Bertz CT molecular complexity index is 598. The number of hydrogen-bond donors (Lipinski definition) is 2. The van der Waals surface area contributed by atoms with Crippen molar-refractivity contribution < 1.29 is 9.18 Å². The standard InChI is InChI=1S/C13H13FN4OS/c1-8-6-11(15)18-13(16-8)20-7-12(19)17-10-4-2-9(14)3-5-10/h2-6H,7H2,1H3,(H,17,19)(H2,15,16,18). The van der Waals surface area contributed by atoms with Crippen molar-refractivity contribution in [2.24, 2.45) is 0 Å². The lowest BCUT2D eigenvalue weighted by molar-refractivity contribution is -0.113. The molecule has 0 aliphatic rings. The number of rotatable bonds is 4. The first-order valence-electron chi connectivity index (χ1n) is 5.82. The Morgan fingerprint density at radius 1 is 1.35 bits per heavy atom. The Labute approximate surface area is 119 Å². The van der Waals surface area contributed by atoms with Crippen LogP contribution < -0.4 is 11.1 Å². The maximum Gasteiger partial charge on any atom is 0.234 e. The van der Waals surface area contributed by atoms with Gasteiger partial charge in [-0.25, -0.2) is 14.4 Å². The van der Waals surface area contributed by atoms with E-state index in [0.29, 0.717) is 16.7 Å². The SMILES string of the molecule is Cc1cc(N)nc(SCC(=O)Nc2ccc(F)cc2)n1. The highest BCUT2D eigenvalue weighted by Gasteiger charge is 2.06. The van der Waals surface area contributed by atoms with Gasteiger partial charge in [0.2, 0.25) is 5.91 Å². The van der Waals surface area contributed by atoms with Crippen LogP contribution in [0.1, 0.15) is 5.69 Å². The number of anilines is 2. The van der Waals surface area contributed by atoms with Crippen LogP contribution in [0.3, 0.4) is 0 Å². The van der Waals surface area contributed by atoms with Crippen LogP contribution in [0.5, 0.6) is 0 Å². The second-order valence-corrected chi connectivity index (χ2v) is 5.00. The van der Waals surface area contributed by atoms with E-state index in [9.17, 15) is 9.18 Å². The molecular weight excluding hydrogens is 279 g/mol. The van der Waals surface area contributed by atoms with Crippen molar-refractivity contribution in [1.82, 2.24) is 9.97 Å². The molecule has 20 heavy (non-hydrogen) atoms. The van der Waals surface area contributed by atoms with E-state index in [1.165, 1.54) is 36.0 Å². The molecule has 0 aliphatic heterocycles. The molecule has 0 unspecified atom stereocenters. The minimum atomic E-state index is -0.346. The molecule has 0 radical (unpaired) electrons. The summed E-state index contributed by atoms with van der Waals surface area (Å²) < 4.78 is 12.7.